The van der Waals surface area contributed by atoms with Crippen molar-refractivity contribution >= 4 is 48.1 Å². The number of nitrogens with zero attached hydrogens (tertiary/aromatic N) is 2. The minimum absolute atomic E-state index is 0.235. The minimum Gasteiger partial charge on any atom is -0.468 e. The number of ether oxygens (including phenoxy) is 2. The quantitative estimate of drug-likeness (QED) is 0.330. The Hall–Kier alpha value is -3.87. The molecule has 0 bridgehead atoms. The number of aryl methyl sites for hydroxylation is 1. The summed E-state index contributed by atoms with van der Waals surface area (Å²) < 4.78 is 9.47. The predicted molar refractivity (Wildman–Crippen MR) is 114 cm³/mol. The molecule has 0 N–H and O–H groups in total. The Bertz CT molecular complexity index is 1090. The van der Waals surface area contributed by atoms with E-state index in [2.05, 4.69) is 14.7 Å². The van der Waals surface area contributed by atoms with Crippen LogP contribution in [0.4, 0.5) is 5.69 Å². The van der Waals surface area contributed by atoms with Crippen LogP contribution >= 0.6 is 0 Å². The summed E-state index contributed by atoms with van der Waals surface area (Å²) in [5.41, 5.74) is 0.884. The lowest BCUT2D eigenvalue weighted by molar-refractivity contribution is -0.159. The number of methoxy groups -OCH3 is 2. The monoisotopic (exact) mass is 404 g/mol. The van der Waals surface area contributed by atoms with Gasteiger partial charge >= 0.3 is 11.9 Å². The van der Waals surface area contributed by atoms with E-state index >= 15 is 0 Å². The number of rotatable bonds is 5. The highest BCUT2D eigenvalue weighted by Crippen LogP contribution is 2.38. The minimum atomic E-state index is -2.08. The van der Waals surface area contributed by atoms with Crippen LogP contribution in [0.25, 0.3) is 12.2 Å². The third kappa shape index (κ3) is 3.69. The summed E-state index contributed by atoms with van der Waals surface area (Å²) in [5.74, 6) is -3.21. The van der Waals surface area contributed by atoms with Gasteiger partial charge in [0.2, 0.25) is 0 Å². The number of benzene rings is 2. The second-order valence-corrected chi connectivity index (χ2v) is 6.62. The zero-order valence-corrected chi connectivity index (χ0v) is 16.8. The lowest BCUT2D eigenvalue weighted by Crippen LogP contribution is -2.50. The fraction of sp³-hybridized carbons (Fsp3) is 0.174. The molecule has 1 unspecified atom stereocenters. The van der Waals surface area contributed by atoms with E-state index in [1.165, 1.54) is 6.34 Å². The molecule has 0 saturated carbocycles. The Morgan fingerprint density at radius 2 is 1.67 bits per heavy atom. The Balaban J connectivity index is 2.18. The molecular formula is C23H20N2O5. The maximum atomic E-state index is 13.0. The van der Waals surface area contributed by atoms with Crippen molar-refractivity contribution in [1.29, 1.82) is 0 Å². The van der Waals surface area contributed by atoms with Crippen molar-refractivity contribution in [3.05, 3.63) is 64.7 Å². The molecule has 0 radical (unpaired) electrons. The van der Waals surface area contributed by atoms with Crippen molar-refractivity contribution < 1.29 is 23.9 Å². The Kier molecular flexibility index (Phi) is 6.01. The number of Topliss-reactive ketones (excluding diaryl/α,β-unsaturated/α-hetero) is 1. The van der Waals surface area contributed by atoms with Gasteiger partial charge in [-0.1, -0.05) is 48.6 Å². The zero-order chi connectivity index (χ0) is 21.7. The maximum absolute atomic E-state index is 13.0. The molecule has 0 amide bonds. The van der Waals surface area contributed by atoms with Gasteiger partial charge in [-0.05, 0) is 29.7 Å². The number of hydrogen-bond donors (Lipinski definition) is 0. The second-order valence-electron chi connectivity index (χ2n) is 6.62. The molecule has 1 aliphatic rings. The highest BCUT2D eigenvalue weighted by Gasteiger charge is 2.53. The standard InChI is InChI=1S/C23H20N2O5/c1-15-11-17(10-9-16-7-5-4-6-8-16)12-18-19(15)23(22(28)30-3,13-24-14-25-18)20(26)21(27)29-2/h4-14H,1-3H3/b10-9+. The van der Waals surface area contributed by atoms with Crippen molar-refractivity contribution in [3.63, 3.8) is 0 Å². The highest BCUT2D eigenvalue weighted by atomic mass is 16.5. The molecule has 0 saturated heterocycles. The summed E-state index contributed by atoms with van der Waals surface area (Å²) in [4.78, 5) is 46.1. The van der Waals surface area contributed by atoms with Crippen LogP contribution in [0.15, 0.2) is 52.4 Å². The van der Waals surface area contributed by atoms with Gasteiger partial charge in [0.25, 0.3) is 5.78 Å². The Labute approximate surface area is 173 Å². The van der Waals surface area contributed by atoms with Gasteiger partial charge in [0, 0.05) is 11.8 Å². The van der Waals surface area contributed by atoms with Crippen molar-refractivity contribution in [3.8, 4) is 0 Å². The van der Waals surface area contributed by atoms with Crippen LogP contribution in [0.5, 0.6) is 0 Å². The summed E-state index contributed by atoms with van der Waals surface area (Å²) in [6, 6.07) is 13.3. The zero-order valence-electron chi connectivity index (χ0n) is 16.8. The van der Waals surface area contributed by atoms with Crippen LogP contribution < -0.4 is 0 Å². The number of esters is 2. The lowest BCUT2D eigenvalue weighted by Gasteiger charge is -2.27. The number of hydrogen-bond acceptors (Lipinski definition) is 7. The molecule has 2 aromatic rings. The molecule has 1 aliphatic heterocycles. The fourth-order valence-corrected chi connectivity index (χ4v) is 3.40. The van der Waals surface area contributed by atoms with E-state index in [1.54, 1.807) is 19.1 Å². The molecule has 7 nitrogen and oxygen atoms in total. The summed E-state index contributed by atoms with van der Waals surface area (Å²) in [7, 11) is 2.21. The van der Waals surface area contributed by atoms with E-state index in [0.717, 1.165) is 31.6 Å². The summed E-state index contributed by atoms with van der Waals surface area (Å²) in [6.45, 7) is 1.73. The first-order chi connectivity index (χ1) is 14.4. The van der Waals surface area contributed by atoms with Crippen molar-refractivity contribution in [1.82, 2.24) is 0 Å². The fourth-order valence-electron chi connectivity index (χ4n) is 3.40. The average molecular weight is 404 g/mol. The smallest absolute Gasteiger partial charge is 0.376 e. The molecule has 30 heavy (non-hydrogen) atoms. The van der Waals surface area contributed by atoms with E-state index in [1.807, 2.05) is 42.5 Å². The van der Waals surface area contributed by atoms with Gasteiger partial charge in [-0.3, -0.25) is 9.59 Å². The van der Waals surface area contributed by atoms with Gasteiger partial charge in [-0.15, -0.1) is 0 Å². The van der Waals surface area contributed by atoms with E-state index < -0.39 is 23.1 Å². The van der Waals surface area contributed by atoms with Crippen LogP contribution in [0.3, 0.4) is 0 Å². The van der Waals surface area contributed by atoms with E-state index in [9.17, 15) is 14.4 Å². The molecule has 1 atom stereocenters. The summed E-state index contributed by atoms with van der Waals surface area (Å²) in [5, 5.41) is 0. The summed E-state index contributed by atoms with van der Waals surface area (Å²) >= 11 is 0. The number of carbonyl (C=O) groups excluding carboxylic acids is 3. The van der Waals surface area contributed by atoms with E-state index in [4.69, 9.17) is 4.74 Å². The molecule has 0 aliphatic carbocycles. The second kappa shape index (κ2) is 8.65. The molecule has 3 rings (SSSR count). The largest absolute Gasteiger partial charge is 0.468 e. The molecule has 0 spiro atoms. The topological polar surface area (TPSA) is 94.4 Å². The SMILES string of the molecule is COC(=O)C(=O)C1(C(=O)OC)C=NC=Nc2cc(/C=C/c3ccccc3)cc(C)c21. The van der Waals surface area contributed by atoms with Crippen molar-refractivity contribution in [2.45, 2.75) is 12.3 Å². The summed E-state index contributed by atoms with van der Waals surface area (Å²) in [6.07, 6.45) is 6.13. The Morgan fingerprint density at radius 3 is 2.33 bits per heavy atom. The molecule has 152 valence electrons. The number of aliphatic imine (C=N–C) groups is 2. The highest BCUT2D eigenvalue weighted by molar-refractivity contribution is 6.47. The number of carbonyl (C=O) groups is 3. The van der Waals surface area contributed by atoms with Crippen LogP contribution in [0, 0.1) is 6.92 Å². The first-order valence-electron chi connectivity index (χ1n) is 9.10. The van der Waals surface area contributed by atoms with Gasteiger partial charge in [0.05, 0.1) is 19.9 Å². The Morgan fingerprint density at radius 1 is 0.967 bits per heavy atom. The van der Waals surface area contributed by atoms with Crippen LogP contribution in [0.1, 0.15) is 22.3 Å². The van der Waals surface area contributed by atoms with Gasteiger partial charge in [0.1, 0.15) is 6.34 Å². The van der Waals surface area contributed by atoms with Gasteiger partial charge in [-0.2, -0.15) is 0 Å². The molecule has 1 heterocycles. The molecule has 7 heteroatoms. The first kappa shape index (κ1) is 20.9. The van der Waals surface area contributed by atoms with Crippen molar-refractivity contribution in [2.75, 3.05) is 14.2 Å². The van der Waals surface area contributed by atoms with Gasteiger partial charge in [0.15, 0.2) is 5.41 Å². The maximum Gasteiger partial charge on any atom is 0.376 e. The predicted octanol–water partition coefficient (Wildman–Crippen LogP) is 3.06. The molecule has 0 fully saturated rings. The first-order valence-corrected chi connectivity index (χ1v) is 9.10. The van der Waals surface area contributed by atoms with E-state index in [0.29, 0.717) is 11.3 Å². The average Bonchev–Trinajstić information content (AvgIpc) is 2.97. The van der Waals surface area contributed by atoms with Crippen LogP contribution in [-0.2, 0) is 29.3 Å². The van der Waals surface area contributed by atoms with Crippen LogP contribution in [-0.4, -0.2) is 44.5 Å². The van der Waals surface area contributed by atoms with Gasteiger partial charge < -0.3 is 9.47 Å². The van der Waals surface area contributed by atoms with Crippen LogP contribution in [0.2, 0.25) is 0 Å². The lowest BCUT2D eigenvalue weighted by atomic mass is 9.74. The number of fused-ring (bicyclic) bond motifs is 1. The van der Waals surface area contributed by atoms with Crippen molar-refractivity contribution in [2.24, 2.45) is 9.98 Å². The number of ketones is 1. The molecular weight excluding hydrogens is 384 g/mol. The van der Waals surface area contributed by atoms with Gasteiger partial charge in [-0.25, -0.2) is 14.8 Å². The normalized spacial score (nSPS) is 17.3. The third-order valence-corrected chi connectivity index (χ3v) is 4.77. The third-order valence-electron chi connectivity index (χ3n) is 4.77. The van der Waals surface area contributed by atoms with E-state index in [-0.39, 0.29) is 5.56 Å². The molecule has 2 aromatic carbocycles. The molecule has 0 aromatic heterocycles.